The van der Waals surface area contributed by atoms with E-state index in [2.05, 4.69) is 19.9 Å². The molecule has 1 fully saturated rings. The third-order valence-corrected chi connectivity index (χ3v) is 6.83. The van der Waals surface area contributed by atoms with Gasteiger partial charge in [-0.1, -0.05) is 57.0 Å². The van der Waals surface area contributed by atoms with Crippen molar-refractivity contribution in [1.82, 2.24) is 0 Å². The summed E-state index contributed by atoms with van der Waals surface area (Å²) in [5, 5.41) is 0. The first-order chi connectivity index (χ1) is 14.8. The Balaban J connectivity index is 1.50. The van der Waals surface area contributed by atoms with Gasteiger partial charge >= 0.3 is 5.97 Å². The third-order valence-electron chi connectivity index (χ3n) is 6.83. The number of halogens is 1. The Morgan fingerprint density at radius 3 is 2.35 bits per heavy atom. The Morgan fingerprint density at radius 1 is 1.06 bits per heavy atom. The Hall–Kier alpha value is -2.95. The molecule has 0 unspecified atom stereocenters. The number of hydrogen-bond acceptors (Lipinski definition) is 4. The number of benzene rings is 2. The standard InChI is InChI=1S/C26H28FNO3/c1-25(2)21-8-4-5-9-22(21)28(3)23(25)16-20(29)17-31-24(30)26(14-6-7-15-26)18-10-12-19(27)13-11-18/h4-5,8-13,16H,6-7,14-15,17H2,1-3H3. The predicted molar refractivity (Wildman–Crippen MR) is 118 cm³/mol. The van der Waals surface area contributed by atoms with E-state index < -0.39 is 11.4 Å². The number of rotatable bonds is 5. The van der Waals surface area contributed by atoms with Crippen molar-refractivity contribution in [2.45, 2.75) is 50.4 Å². The summed E-state index contributed by atoms with van der Waals surface area (Å²) in [6.07, 6.45) is 4.70. The number of likely N-dealkylation sites (N-methyl/N-ethyl adjacent to an activating group) is 1. The fourth-order valence-electron chi connectivity index (χ4n) is 5.09. The lowest BCUT2D eigenvalue weighted by molar-refractivity contribution is -0.153. The molecule has 1 heterocycles. The zero-order chi connectivity index (χ0) is 22.2. The second kappa shape index (κ2) is 7.95. The van der Waals surface area contributed by atoms with E-state index >= 15 is 0 Å². The van der Waals surface area contributed by atoms with Crippen molar-refractivity contribution in [3.8, 4) is 0 Å². The van der Waals surface area contributed by atoms with E-state index in [1.807, 2.05) is 30.1 Å². The normalized spacial score (nSPS) is 20.0. The smallest absolute Gasteiger partial charge is 0.317 e. The molecule has 5 heteroatoms. The topological polar surface area (TPSA) is 46.6 Å². The molecular weight excluding hydrogens is 393 g/mol. The van der Waals surface area contributed by atoms with Crippen LogP contribution in [-0.2, 0) is 25.2 Å². The fourth-order valence-corrected chi connectivity index (χ4v) is 5.09. The molecule has 0 radical (unpaired) electrons. The summed E-state index contributed by atoms with van der Waals surface area (Å²) in [6, 6.07) is 14.1. The molecule has 2 aliphatic rings. The number of nitrogens with zero attached hydrogens (tertiary/aromatic N) is 1. The van der Waals surface area contributed by atoms with Gasteiger partial charge in [-0.15, -0.1) is 0 Å². The largest absolute Gasteiger partial charge is 0.457 e. The van der Waals surface area contributed by atoms with E-state index in [9.17, 15) is 14.0 Å². The zero-order valence-corrected chi connectivity index (χ0v) is 18.3. The van der Waals surface area contributed by atoms with E-state index in [4.69, 9.17) is 4.74 Å². The van der Waals surface area contributed by atoms with Gasteiger partial charge in [-0.2, -0.15) is 0 Å². The Labute approximate surface area is 182 Å². The molecule has 0 bridgehead atoms. The number of para-hydroxylation sites is 1. The van der Waals surface area contributed by atoms with Crippen LogP contribution in [-0.4, -0.2) is 25.4 Å². The molecule has 162 valence electrons. The van der Waals surface area contributed by atoms with Crippen molar-refractivity contribution in [2.75, 3.05) is 18.6 Å². The lowest BCUT2D eigenvalue weighted by Gasteiger charge is -2.27. The number of esters is 1. The molecule has 1 aliphatic heterocycles. The van der Waals surface area contributed by atoms with E-state index in [1.165, 1.54) is 12.1 Å². The number of ketones is 1. The first-order valence-electron chi connectivity index (χ1n) is 10.8. The van der Waals surface area contributed by atoms with Gasteiger partial charge in [0.25, 0.3) is 0 Å². The molecule has 0 N–H and O–H groups in total. The molecule has 4 rings (SSSR count). The highest BCUT2D eigenvalue weighted by atomic mass is 19.1. The summed E-state index contributed by atoms with van der Waals surface area (Å²) in [5.74, 6) is -0.981. The van der Waals surface area contributed by atoms with Crippen molar-refractivity contribution < 1.29 is 18.7 Å². The minimum Gasteiger partial charge on any atom is -0.457 e. The van der Waals surface area contributed by atoms with Crippen LogP contribution in [0, 0.1) is 5.82 Å². The Bertz CT molecular complexity index is 1030. The molecule has 1 saturated carbocycles. The zero-order valence-electron chi connectivity index (χ0n) is 18.3. The van der Waals surface area contributed by atoms with Crippen LogP contribution in [0.4, 0.5) is 10.1 Å². The molecule has 1 aliphatic carbocycles. The van der Waals surface area contributed by atoms with Crippen molar-refractivity contribution in [3.63, 3.8) is 0 Å². The molecule has 31 heavy (non-hydrogen) atoms. The van der Waals surface area contributed by atoms with Crippen LogP contribution in [0.3, 0.4) is 0 Å². The molecule has 2 aromatic rings. The summed E-state index contributed by atoms with van der Waals surface area (Å²) in [4.78, 5) is 27.8. The van der Waals surface area contributed by atoms with Crippen LogP contribution in [0.1, 0.15) is 50.7 Å². The number of carbonyl (C=O) groups is 2. The number of hydrogen-bond donors (Lipinski definition) is 0. The molecule has 2 aromatic carbocycles. The molecule has 0 amide bonds. The first kappa shape index (κ1) is 21.3. The van der Waals surface area contributed by atoms with Gasteiger partial charge in [-0.05, 0) is 42.2 Å². The van der Waals surface area contributed by atoms with Gasteiger partial charge in [0.15, 0.2) is 12.4 Å². The second-order valence-electron chi connectivity index (χ2n) is 9.07. The summed E-state index contributed by atoms with van der Waals surface area (Å²) in [7, 11) is 1.95. The van der Waals surface area contributed by atoms with Crippen LogP contribution >= 0.6 is 0 Å². The maximum absolute atomic E-state index is 13.4. The maximum Gasteiger partial charge on any atom is 0.317 e. The lowest BCUT2D eigenvalue weighted by Crippen LogP contribution is -2.36. The highest BCUT2D eigenvalue weighted by molar-refractivity contribution is 5.95. The van der Waals surface area contributed by atoms with E-state index in [-0.39, 0.29) is 23.6 Å². The number of ether oxygens (including phenoxy) is 1. The second-order valence-corrected chi connectivity index (χ2v) is 9.07. The first-order valence-corrected chi connectivity index (χ1v) is 10.8. The third kappa shape index (κ3) is 3.67. The van der Waals surface area contributed by atoms with Gasteiger partial charge in [0.2, 0.25) is 0 Å². The SMILES string of the molecule is CN1C(=CC(=O)COC(=O)C2(c3ccc(F)cc3)CCCC2)C(C)(C)c2ccccc21. The molecule has 0 atom stereocenters. The van der Waals surface area contributed by atoms with Gasteiger partial charge in [-0.25, -0.2) is 4.39 Å². The van der Waals surface area contributed by atoms with Crippen molar-refractivity contribution in [2.24, 2.45) is 0 Å². The van der Waals surface area contributed by atoms with Crippen LogP contribution in [0.5, 0.6) is 0 Å². The van der Waals surface area contributed by atoms with E-state index in [1.54, 1.807) is 18.2 Å². The van der Waals surface area contributed by atoms with Crippen LogP contribution in [0.25, 0.3) is 0 Å². The fraction of sp³-hybridized carbons (Fsp3) is 0.385. The number of allylic oxidation sites excluding steroid dienone is 1. The number of carbonyl (C=O) groups excluding carboxylic acids is 2. The molecular formula is C26H28FNO3. The minimum absolute atomic E-state index is 0.247. The molecule has 4 nitrogen and oxygen atoms in total. The van der Waals surface area contributed by atoms with Crippen LogP contribution < -0.4 is 4.90 Å². The average Bonchev–Trinajstić information content (AvgIpc) is 3.32. The van der Waals surface area contributed by atoms with E-state index in [0.29, 0.717) is 12.8 Å². The summed E-state index contributed by atoms with van der Waals surface area (Å²) < 4.78 is 18.9. The van der Waals surface area contributed by atoms with Gasteiger partial charge in [0.05, 0.1) is 5.41 Å². The average molecular weight is 422 g/mol. The molecule has 0 saturated heterocycles. The van der Waals surface area contributed by atoms with E-state index in [0.717, 1.165) is 35.4 Å². The minimum atomic E-state index is -0.791. The highest BCUT2D eigenvalue weighted by Gasteiger charge is 2.44. The molecule has 0 spiro atoms. The van der Waals surface area contributed by atoms with Gasteiger partial charge in [-0.3, -0.25) is 9.59 Å². The predicted octanol–water partition coefficient (Wildman–Crippen LogP) is 5.06. The van der Waals surface area contributed by atoms with Crippen LogP contribution in [0.15, 0.2) is 60.3 Å². The summed E-state index contributed by atoms with van der Waals surface area (Å²) in [5.41, 5.74) is 2.77. The summed E-state index contributed by atoms with van der Waals surface area (Å²) in [6.45, 7) is 3.87. The van der Waals surface area contributed by atoms with Crippen molar-refractivity contribution >= 4 is 17.4 Å². The monoisotopic (exact) mass is 421 g/mol. The van der Waals surface area contributed by atoms with Crippen LogP contribution in [0.2, 0.25) is 0 Å². The quantitative estimate of drug-likeness (QED) is 0.500. The Morgan fingerprint density at radius 2 is 1.71 bits per heavy atom. The van der Waals surface area contributed by atoms with Gasteiger partial charge in [0, 0.05) is 29.9 Å². The summed E-state index contributed by atoms with van der Waals surface area (Å²) >= 11 is 0. The van der Waals surface area contributed by atoms with Gasteiger partial charge in [0.1, 0.15) is 5.82 Å². The molecule has 0 aromatic heterocycles. The van der Waals surface area contributed by atoms with Gasteiger partial charge < -0.3 is 9.64 Å². The van der Waals surface area contributed by atoms with Crippen molar-refractivity contribution in [3.05, 3.63) is 77.2 Å². The number of anilines is 1. The maximum atomic E-state index is 13.4. The van der Waals surface area contributed by atoms with Crippen molar-refractivity contribution in [1.29, 1.82) is 0 Å². The lowest BCUT2D eigenvalue weighted by atomic mass is 9.79. The highest BCUT2D eigenvalue weighted by Crippen LogP contribution is 2.46. The number of fused-ring (bicyclic) bond motifs is 1. The Kier molecular flexibility index (Phi) is 5.46.